The molecule has 2 atom stereocenters. The van der Waals surface area contributed by atoms with E-state index in [1.807, 2.05) is 10.8 Å². The second-order valence-electron chi connectivity index (χ2n) is 6.91. The van der Waals surface area contributed by atoms with Crippen LogP contribution in [-0.4, -0.2) is 31.3 Å². The summed E-state index contributed by atoms with van der Waals surface area (Å²) in [6.07, 6.45) is 7.68. The number of halogens is 2. The molecule has 0 unspecified atom stereocenters. The van der Waals surface area contributed by atoms with Gasteiger partial charge in [-0.05, 0) is 38.2 Å². The van der Waals surface area contributed by atoms with E-state index in [9.17, 15) is 13.6 Å². The zero-order chi connectivity index (χ0) is 17.4. The minimum atomic E-state index is -2.61. The van der Waals surface area contributed by atoms with Crippen LogP contribution in [-0.2, 0) is 11.3 Å². The smallest absolute Gasteiger partial charge is 0.282 e. The Morgan fingerprint density at radius 3 is 2.84 bits per heavy atom. The molecular weight excluding hydrogens is 328 g/mol. The molecule has 0 bridgehead atoms. The van der Waals surface area contributed by atoms with Gasteiger partial charge < -0.3 is 9.88 Å². The Balaban J connectivity index is 1.44. The zero-order valence-electron chi connectivity index (χ0n) is 13.8. The Kier molecular flexibility index (Phi) is 4.27. The van der Waals surface area contributed by atoms with Crippen molar-refractivity contribution in [1.29, 1.82) is 0 Å². The van der Waals surface area contributed by atoms with E-state index in [-0.39, 0.29) is 36.1 Å². The minimum absolute atomic E-state index is 0.00823. The van der Waals surface area contributed by atoms with Crippen molar-refractivity contribution in [2.24, 2.45) is 0 Å². The number of carbonyl (C=O) groups is 1. The first-order valence-corrected chi connectivity index (χ1v) is 8.74. The molecule has 2 heterocycles. The Bertz CT molecular complexity index is 738. The summed E-state index contributed by atoms with van der Waals surface area (Å²) in [5.41, 5.74) is 0.509. The van der Waals surface area contributed by atoms with Crippen LogP contribution >= 0.6 is 0 Å². The third-order valence-corrected chi connectivity index (χ3v) is 5.08. The number of aromatic nitrogens is 4. The van der Waals surface area contributed by atoms with Gasteiger partial charge in [0.05, 0.1) is 12.4 Å². The highest BCUT2D eigenvalue weighted by Gasteiger charge is 2.32. The van der Waals surface area contributed by atoms with Crippen LogP contribution in [0.4, 0.5) is 8.78 Å². The molecule has 6 nitrogen and oxygen atoms in total. The van der Waals surface area contributed by atoms with Crippen LogP contribution in [0.2, 0.25) is 0 Å². The summed E-state index contributed by atoms with van der Waals surface area (Å²) in [4.78, 5) is 16.5. The first-order chi connectivity index (χ1) is 12.1. The average molecular weight is 349 g/mol. The van der Waals surface area contributed by atoms with E-state index in [1.54, 1.807) is 12.5 Å². The van der Waals surface area contributed by atoms with Crippen LogP contribution in [0.3, 0.4) is 0 Å². The molecule has 2 aromatic rings. The molecule has 0 spiro atoms. The van der Waals surface area contributed by atoms with Gasteiger partial charge in [-0.2, -0.15) is 5.10 Å². The molecule has 4 rings (SSSR count). The first-order valence-electron chi connectivity index (χ1n) is 8.74. The van der Waals surface area contributed by atoms with Gasteiger partial charge >= 0.3 is 0 Å². The second-order valence-corrected chi connectivity index (χ2v) is 6.91. The molecule has 0 radical (unpaired) electrons. The van der Waals surface area contributed by atoms with E-state index >= 15 is 0 Å². The van der Waals surface area contributed by atoms with Crippen LogP contribution in [0.15, 0.2) is 24.8 Å². The number of hydrogen-bond donors (Lipinski definition) is 1. The predicted molar refractivity (Wildman–Crippen MR) is 86.2 cm³/mol. The van der Waals surface area contributed by atoms with Gasteiger partial charge in [-0.25, -0.2) is 13.8 Å². The van der Waals surface area contributed by atoms with E-state index in [4.69, 9.17) is 0 Å². The molecule has 0 saturated heterocycles. The third kappa shape index (κ3) is 3.43. The fourth-order valence-electron chi connectivity index (χ4n) is 3.71. The van der Waals surface area contributed by atoms with Gasteiger partial charge in [-0.3, -0.25) is 9.48 Å². The van der Waals surface area contributed by atoms with Crippen LogP contribution < -0.4 is 5.32 Å². The van der Waals surface area contributed by atoms with E-state index in [2.05, 4.69) is 15.4 Å². The number of rotatable bonds is 6. The van der Waals surface area contributed by atoms with Crippen molar-refractivity contribution >= 4 is 5.91 Å². The van der Waals surface area contributed by atoms with Gasteiger partial charge in [0.1, 0.15) is 12.2 Å². The highest BCUT2D eigenvalue weighted by atomic mass is 19.3. The predicted octanol–water partition coefficient (Wildman–Crippen LogP) is 2.80. The van der Waals surface area contributed by atoms with Crippen LogP contribution in [0, 0.1) is 0 Å². The lowest BCUT2D eigenvalue weighted by Crippen LogP contribution is -2.40. The van der Waals surface area contributed by atoms with Crippen molar-refractivity contribution in [3.8, 4) is 0 Å². The molecule has 2 saturated carbocycles. The largest absolute Gasteiger partial charge is 0.350 e. The van der Waals surface area contributed by atoms with E-state index in [1.165, 1.54) is 10.7 Å². The maximum absolute atomic E-state index is 12.9. The first kappa shape index (κ1) is 16.2. The molecule has 2 aliphatic carbocycles. The Morgan fingerprint density at radius 1 is 1.32 bits per heavy atom. The van der Waals surface area contributed by atoms with Gasteiger partial charge in [-0.1, -0.05) is 0 Å². The van der Waals surface area contributed by atoms with Gasteiger partial charge in [0.2, 0.25) is 5.91 Å². The lowest BCUT2D eigenvalue weighted by atomic mass is 10.1. The fourth-order valence-corrected chi connectivity index (χ4v) is 3.71. The molecule has 1 N–H and O–H groups in total. The summed E-state index contributed by atoms with van der Waals surface area (Å²) in [6, 6.07) is 1.68. The Labute approximate surface area is 144 Å². The molecule has 134 valence electrons. The molecule has 25 heavy (non-hydrogen) atoms. The average Bonchev–Trinajstić information content (AvgIpc) is 3.00. The summed E-state index contributed by atoms with van der Waals surface area (Å²) in [7, 11) is 0. The lowest BCUT2D eigenvalue weighted by Gasteiger charge is -2.22. The number of hydrogen-bond acceptors (Lipinski definition) is 3. The molecule has 0 aliphatic heterocycles. The number of nitrogens with one attached hydrogen (secondary N) is 1. The Morgan fingerprint density at radius 2 is 2.16 bits per heavy atom. The van der Waals surface area contributed by atoms with Crippen LogP contribution in [0.1, 0.15) is 61.9 Å². The van der Waals surface area contributed by atoms with E-state index < -0.39 is 6.43 Å². The number of amides is 1. The summed E-state index contributed by atoms with van der Waals surface area (Å²) in [5.74, 6) is 0.0841. The molecule has 2 aromatic heterocycles. The topological polar surface area (TPSA) is 64.7 Å². The summed E-state index contributed by atoms with van der Waals surface area (Å²) in [6.45, 7) is -0.00823. The standard InChI is InChI=1S/C17H21F2N5O/c18-17(19)13-8-15(11-4-5-11)24(22-13)9-16(25)21-12-2-1-3-14(12)23-7-6-20-10-23/h6-8,10-12,14,17H,1-5,9H2,(H,21,25)/t12-,14+/m1/s1. The number of imidazole rings is 1. The van der Waals surface area contributed by atoms with E-state index in [0.29, 0.717) is 0 Å². The van der Waals surface area contributed by atoms with Gasteiger partial charge in [0, 0.05) is 30.0 Å². The van der Waals surface area contributed by atoms with Crippen molar-refractivity contribution in [2.75, 3.05) is 0 Å². The maximum Gasteiger partial charge on any atom is 0.282 e. The normalized spacial score (nSPS) is 23.3. The number of carbonyl (C=O) groups excluding carboxylic acids is 1. The molecule has 2 fully saturated rings. The lowest BCUT2D eigenvalue weighted by molar-refractivity contribution is -0.122. The van der Waals surface area contributed by atoms with Crippen molar-refractivity contribution in [3.63, 3.8) is 0 Å². The molecule has 0 aromatic carbocycles. The molecule has 1 amide bonds. The molecule has 2 aliphatic rings. The van der Waals surface area contributed by atoms with Crippen LogP contribution in [0.5, 0.6) is 0 Å². The molecular formula is C17H21F2N5O. The maximum atomic E-state index is 12.9. The van der Waals surface area contributed by atoms with E-state index in [0.717, 1.165) is 37.8 Å². The van der Waals surface area contributed by atoms with Crippen molar-refractivity contribution in [1.82, 2.24) is 24.6 Å². The second kappa shape index (κ2) is 6.57. The van der Waals surface area contributed by atoms with Gasteiger partial charge in [0.15, 0.2) is 0 Å². The van der Waals surface area contributed by atoms with Crippen molar-refractivity contribution < 1.29 is 13.6 Å². The van der Waals surface area contributed by atoms with Crippen molar-refractivity contribution in [2.45, 2.75) is 63.1 Å². The summed E-state index contributed by atoms with van der Waals surface area (Å²) in [5, 5.41) is 7.00. The Hall–Kier alpha value is -2.25. The summed E-state index contributed by atoms with van der Waals surface area (Å²) < 4.78 is 29.3. The quantitative estimate of drug-likeness (QED) is 0.872. The van der Waals surface area contributed by atoms with Crippen LogP contribution in [0.25, 0.3) is 0 Å². The molecule has 8 heteroatoms. The SMILES string of the molecule is O=C(Cn1nc(C(F)F)cc1C1CC1)N[C@@H]1CCC[C@@H]1n1ccnc1. The monoisotopic (exact) mass is 349 g/mol. The number of nitrogens with zero attached hydrogens (tertiary/aromatic N) is 4. The zero-order valence-corrected chi connectivity index (χ0v) is 13.8. The third-order valence-electron chi connectivity index (χ3n) is 5.08. The summed E-state index contributed by atoms with van der Waals surface area (Å²) >= 11 is 0. The highest BCUT2D eigenvalue weighted by Crippen LogP contribution is 2.41. The number of alkyl halides is 2. The highest BCUT2D eigenvalue weighted by molar-refractivity contribution is 5.76. The minimum Gasteiger partial charge on any atom is -0.350 e. The van der Waals surface area contributed by atoms with Gasteiger partial charge in [0.25, 0.3) is 6.43 Å². The fraction of sp³-hybridized carbons (Fsp3) is 0.588. The van der Waals surface area contributed by atoms with Gasteiger partial charge in [-0.15, -0.1) is 0 Å². The van der Waals surface area contributed by atoms with Crippen molar-refractivity contribution in [3.05, 3.63) is 36.2 Å².